The summed E-state index contributed by atoms with van der Waals surface area (Å²) in [5.74, 6) is 0. The molecule has 0 amide bonds. The van der Waals surface area contributed by atoms with E-state index in [1.54, 1.807) is 0 Å². The first-order chi connectivity index (χ1) is 6.74. The van der Waals surface area contributed by atoms with Crippen molar-refractivity contribution in [1.29, 1.82) is 0 Å². The van der Waals surface area contributed by atoms with Crippen LogP contribution in [0.5, 0.6) is 0 Å². The lowest BCUT2D eigenvalue weighted by molar-refractivity contribution is 0.774. The van der Waals surface area contributed by atoms with E-state index in [0.29, 0.717) is 0 Å². The summed E-state index contributed by atoms with van der Waals surface area (Å²) in [4.78, 5) is 0. The van der Waals surface area contributed by atoms with Gasteiger partial charge in [-0.25, -0.2) is 0 Å². The average Bonchev–Trinajstić information content (AvgIpc) is 2.18. The lowest BCUT2D eigenvalue weighted by Gasteiger charge is -2.07. The molecule has 0 atom stereocenters. The van der Waals surface area contributed by atoms with Gasteiger partial charge in [-0.15, -0.1) is 0 Å². The number of aryl methyl sites for hydroxylation is 1. The Balaban J connectivity index is 2.39. The van der Waals surface area contributed by atoms with Gasteiger partial charge in [-0.2, -0.15) is 0 Å². The monoisotopic (exact) mass is 212 g/mol. The largest absolute Gasteiger partial charge is 0.385 e. The molecular weight excluding hydrogens is 196 g/mol. The van der Waals surface area contributed by atoms with Crippen molar-refractivity contribution in [3.8, 4) is 0 Å². The second-order valence-electron chi connectivity index (χ2n) is 3.39. The standard InChI is InChI=1S/C11H17ClN2/c1-9-4-5-10(8-11(9)12)14-7-3-2-6-13/h4-5,8,14H,2-3,6-7,13H2,1H3. The Morgan fingerprint density at radius 3 is 2.79 bits per heavy atom. The first-order valence-corrected chi connectivity index (χ1v) is 5.32. The Labute approximate surface area is 90.4 Å². The molecule has 0 bridgehead atoms. The SMILES string of the molecule is Cc1ccc(NCCCCN)cc1Cl. The molecule has 1 rings (SSSR count). The van der Waals surface area contributed by atoms with Crippen LogP contribution in [0.2, 0.25) is 5.02 Å². The van der Waals surface area contributed by atoms with Gasteiger partial charge >= 0.3 is 0 Å². The minimum Gasteiger partial charge on any atom is -0.385 e. The van der Waals surface area contributed by atoms with Crippen LogP contribution in [-0.2, 0) is 0 Å². The molecule has 0 aliphatic heterocycles. The Hall–Kier alpha value is -0.730. The zero-order valence-electron chi connectivity index (χ0n) is 8.52. The molecule has 0 heterocycles. The normalized spacial score (nSPS) is 10.2. The van der Waals surface area contributed by atoms with Gasteiger partial charge < -0.3 is 11.1 Å². The summed E-state index contributed by atoms with van der Waals surface area (Å²) in [6.45, 7) is 3.72. The van der Waals surface area contributed by atoms with Crippen molar-refractivity contribution in [2.75, 3.05) is 18.4 Å². The highest BCUT2D eigenvalue weighted by Gasteiger charge is 1.96. The third-order valence-corrected chi connectivity index (χ3v) is 2.54. The van der Waals surface area contributed by atoms with E-state index in [1.165, 1.54) is 0 Å². The Bertz CT molecular complexity index is 287. The summed E-state index contributed by atoms with van der Waals surface area (Å²) >= 11 is 5.99. The van der Waals surface area contributed by atoms with Crippen LogP contribution < -0.4 is 11.1 Å². The van der Waals surface area contributed by atoms with E-state index in [-0.39, 0.29) is 0 Å². The van der Waals surface area contributed by atoms with Crippen molar-refractivity contribution in [3.05, 3.63) is 28.8 Å². The van der Waals surface area contributed by atoms with E-state index in [9.17, 15) is 0 Å². The maximum absolute atomic E-state index is 5.99. The minimum absolute atomic E-state index is 0.760. The lowest BCUT2D eigenvalue weighted by Crippen LogP contribution is -2.05. The summed E-state index contributed by atoms with van der Waals surface area (Å²) in [5, 5.41) is 4.12. The molecule has 0 radical (unpaired) electrons. The Kier molecular flexibility index (Phi) is 4.77. The van der Waals surface area contributed by atoms with Crippen LogP contribution in [0.1, 0.15) is 18.4 Å². The zero-order chi connectivity index (χ0) is 10.4. The molecule has 0 spiro atoms. The third kappa shape index (κ3) is 3.56. The summed E-state index contributed by atoms with van der Waals surface area (Å²) in [5.41, 5.74) is 7.59. The van der Waals surface area contributed by atoms with Gasteiger partial charge in [0.25, 0.3) is 0 Å². The fourth-order valence-electron chi connectivity index (χ4n) is 1.20. The average molecular weight is 213 g/mol. The van der Waals surface area contributed by atoms with Gasteiger partial charge in [0.15, 0.2) is 0 Å². The number of hydrogen-bond donors (Lipinski definition) is 2. The van der Waals surface area contributed by atoms with Crippen molar-refractivity contribution in [2.24, 2.45) is 5.73 Å². The highest BCUT2D eigenvalue weighted by molar-refractivity contribution is 6.31. The van der Waals surface area contributed by atoms with Crippen LogP contribution in [0, 0.1) is 6.92 Å². The van der Waals surface area contributed by atoms with Gasteiger partial charge in [0.1, 0.15) is 0 Å². The molecule has 3 N–H and O–H groups in total. The van der Waals surface area contributed by atoms with Gasteiger partial charge in [-0.05, 0) is 44.0 Å². The number of anilines is 1. The number of halogens is 1. The van der Waals surface area contributed by atoms with E-state index in [2.05, 4.69) is 5.32 Å². The van der Waals surface area contributed by atoms with E-state index in [0.717, 1.165) is 42.2 Å². The van der Waals surface area contributed by atoms with Crippen LogP contribution in [0.15, 0.2) is 18.2 Å². The predicted molar refractivity (Wildman–Crippen MR) is 63.0 cm³/mol. The van der Waals surface area contributed by atoms with Crippen LogP contribution in [-0.4, -0.2) is 13.1 Å². The summed E-state index contributed by atoms with van der Waals surface area (Å²) in [6.07, 6.45) is 2.16. The molecule has 0 aliphatic carbocycles. The molecule has 2 nitrogen and oxygen atoms in total. The van der Waals surface area contributed by atoms with Crippen molar-refractivity contribution < 1.29 is 0 Å². The number of benzene rings is 1. The van der Waals surface area contributed by atoms with E-state index < -0.39 is 0 Å². The van der Waals surface area contributed by atoms with Crippen LogP contribution >= 0.6 is 11.6 Å². The minimum atomic E-state index is 0.760. The smallest absolute Gasteiger partial charge is 0.0455 e. The fraction of sp³-hybridized carbons (Fsp3) is 0.455. The molecular formula is C11H17ClN2. The van der Waals surface area contributed by atoms with Crippen molar-refractivity contribution >= 4 is 17.3 Å². The maximum Gasteiger partial charge on any atom is 0.0455 e. The molecule has 0 fully saturated rings. The molecule has 1 aromatic carbocycles. The van der Waals surface area contributed by atoms with Gasteiger partial charge in [0, 0.05) is 17.3 Å². The zero-order valence-corrected chi connectivity index (χ0v) is 9.27. The third-order valence-electron chi connectivity index (χ3n) is 2.13. The van der Waals surface area contributed by atoms with Crippen molar-refractivity contribution in [2.45, 2.75) is 19.8 Å². The molecule has 0 saturated heterocycles. The number of unbranched alkanes of at least 4 members (excludes halogenated alkanes) is 1. The quantitative estimate of drug-likeness (QED) is 0.737. The maximum atomic E-state index is 5.99. The molecule has 0 aliphatic rings. The van der Waals surface area contributed by atoms with Gasteiger partial charge in [-0.1, -0.05) is 17.7 Å². The van der Waals surface area contributed by atoms with Crippen LogP contribution in [0.3, 0.4) is 0 Å². The number of rotatable bonds is 5. The molecule has 0 aromatic heterocycles. The van der Waals surface area contributed by atoms with Gasteiger partial charge in [0.2, 0.25) is 0 Å². The first kappa shape index (κ1) is 11.3. The summed E-state index contributed by atoms with van der Waals surface area (Å²) in [6, 6.07) is 6.02. The number of hydrogen-bond acceptors (Lipinski definition) is 2. The number of nitrogens with two attached hydrogens (primary N) is 1. The summed E-state index contributed by atoms with van der Waals surface area (Å²) < 4.78 is 0. The predicted octanol–water partition coefficient (Wildman–Crippen LogP) is 2.80. The van der Waals surface area contributed by atoms with E-state index >= 15 is 0 Å². The second-order valence-corrected chi connectivity index (χ2v) is 3.79. The van der Waals surface area contributed by atoms with E-state index in [1.807, 2.05) is 25.1 Å². The topological polar surface area (TPSA) is 38.0 Å². The van der Waals surface area contributed by atoms with Crippen LogP contribution in [0.25, 0.3) is 0 Å². The first-order valence-electron chi connectivity index (χ1n) is 4.94. The van der Waals surface area contributed by atoms with Crippen molar-refractivity contribution in [1.82, 2.24) is 0 Å². The molecule has 0 saturated carbocycles. The van der Waals surface area contributed by atoms with Gasteiger partial charge in [-0.3, -0.25) is 0 Å². The summed E-state index contributed by atoms with van der Waals surface area (Å²) in [7, 11) is 0. The van der Waals surface area contributed by atoms with Gasteiger partial charge in [0.05, 0.1) is 0 Å². The molecule has 78 valence electrons. The molecule has 3 heteroatoms. The lowest BCUT2D eigenvalue weighted by atomic mass is 10.2. The highest BCUT2D eigenvalue weighted by atomic mass is 35.5. The fourth-order valence-corrected chi connectivity index (χ4v) is 1.39. The van der Waals surface area contributed by atoms with E-state index in [4.69, 9.17) is 17.3 Å². The van der Waals surface area contributed by atoms with Crippen LogP contribution in [0.4, 0.5) is 5.69 Å². The van der Waals surface area contributed by atoms with Crippen molar-refractivity contribution in [3.63, 3.8) is 0 Å². The Morgan fingerprint density at radius 2 is 2.14 bits per heavy atom. The molecule has 1 aromatic rings. The molecule has 0 unspecified atom stereocenters. The second kappa shape index (κ2) is 5.89. The Morgan fingerprint density at radius 1 is 1.36 bits per heavy atom. The highest BCUT2D eigenvalue weighted by Crippen LogP contribution is 2.19. The molecule has 14 heavy (non-hydrogen) atoms. The number of nitrogens with one attached hydrogen (secondary N) is 1.